The van der Waals surface area contributed by atoms with Crippen molar-refractivity contribution in [3.8, 4) is 0 Å². The Kier molecular flexibility index (Phi) is 5.22. The molecule has 2 atom stereocenters. The number of alkyl halides is 3. The molecule has 1 saturated heterocycles. The first-order valence-corrected chi connectivity index (χ1v) is 8.14. The Morgan fingerprint density at radius 1 is 1.44 bits per heavy atom. The molecule has 0 spiro atoms. The van der Waals surface area contributed by atoms with Crippen molar-refractivity contribution in [2.75, 3.05) is 19.8 Å². The van der Waals surface area contributed by atoms with E-state index < -0.39 is 12.4 Å². The fourth-order valence-corrected chi connectivity index (χ4v) is 2.89. The van der Waals surface area contributed by atoms with Gasteiger partial charge in [0.1, 0.15) is 11.6 Å². The zero-order valence-electron chi connectivity index (χ0n) is 13.7. The summed E-state index contributed by atoms with van der Waals surface area (Å²) in [4.78, 5) is 4.18. The first kappa shape index (κ1) is 17.7. The maximum absolute atomic E-state index is 12.7. The number of rotatable bonds is 5. The molecular formula is C16H19F3N4O2. The maximum Gasteiger partial charge on any atom is 0.573 e. The van der Waals surface area contributed by atoms with Crippen LogP contribution in [0, 0.1) is 0 Å². The van der Waals surface area contributed by atoms with Gasteiger partial charge in [-0.05, 0) is 25.0 Å². The average molecular weight is 356 g/mol. The standard InChI is InChI=1S/C16H19F3N4O2/c1-2-3-4-13(25-16(17,18)19)7-12-8-20-9-14-21-22-15(23(12)14)11-5-6-24-10-11/h3-4,7,9,11-12H,2,5-6,8,10H2,1H3/b4-3-,13-7?/t11-,12?/m0/s1. The maximum atomic E-state index is 12.7. The van der Waals surface area contributed by atoms with Crippen molar-refractivity contribution in [3.05, 3.63) is 35.6 Å². The van der Waals surface area contributed by atoms with Crippen molar-refractivity contribution in [2.24, 2.45) is 4.99 Å². The van der Waals surface area contributed by atoms with Gasteiger partial charge in [0.15, 0.2) is 5.82 Å². The Labute approximate surface area is 143 Å². The van der Waals surface area contributed by atoms with Crippen LogP contribution in [0.15, 0.2) is 29.0 Å². The zero-order valence-corrected chi connectivity index (χ0v) is 13.7. The summed E-state index contributed by atoms with van der Waals surface area (Å²) >= 11 is 0. The van der Waals surface area contributed by atoms with E-state index in [1.54, 1.807) is 12.3 Å². The van der Waals surface area contributed by atoms with Gasteiger partial charge in [-0.1, -0.05) is 13.0 Å². The number of aliphatic imine (C=N–C) groups is 1. The molecule has 0 saturated carbocycles. The van der Waals surface area contributed by atoms with Crippen LogP contribution in [0.4, 0.5) is 13.2 Å². The molecule has 0 aromatic carbocycles. The minimum Gasteiger partial charge on any atom is -0.406 e. The van der Waals surface area contributed by atoms with E-state index in [1.165, 1.54) is 12.2 Å². The van der Waals surface area contributed by atoms with Crippen molar-refractivity contribution >= 4 is 6.21 Å². The number of fused-ring (bicyclic) bond motifs is 1. The Morgan fingerprint density at radius 2 is 2.28 bits per heavy atom. The smallest absolute Gasteiger partial charge is 0.406 e. The Morgan fingerprint density at radius 3 is 2.96 bits per heavy atom. The minimum absolute atomic E-state index is 0.0850. The van der Waals surface area contributed by atoms with Gasteiger partial charge < -0.3 is 14.0 Å². The zero-order chi connectivity index (χ0) is 17.9. The normalized spacial score (nSPS) is 24.1. The molecule has 2 aliphatic heterocycles. The molecule has 1 fully saturated rings. The van der Waals surface area contributed by atoms with Gasteiger partial charge in [0, 0.05) is 12.5 Å². The number of nitrogens with zero attached hydrogens (tertiary/aromatic N) is 4. The molecule has 3 heterocycles. The molecule has 1 aromatic heterocycles. The van der Waals surface area contributed by atoms with Crippen LogP contribution in [0.3, 0.4) is 0 Å². The lowest BCUT2D eigenvalue weighted by atomic mass is 10.1. The summed E-state index contributed by atoms with van der Waals surface area (Å²) in [5.41, 5.74) is 0. The summed E-state index contributed by atoms with van der Waals surface area (Å²) in [7, 11) is 0. The van der Waals surface area contributed by atoms with E-state index in [0.29, 0.717) is 37.8 Å². The number of aromatic nitrogens is 3. The fraction of sp³-hybridized carbons (Fsp3) is 0.562. The van der Waals surface area contributed by atoms with Crippen LogP contribution in [0.1, 0.15) is 43.4 Å². The number of ether oxygens (including phenoxy) is 2. The van der Waals surface area contributed by atoms with Gasteiger partial charge in [0.05, 0.1) is 25.4 Å². The van der Waals surface area contributed by atoms with Gasteiger partial charge in [0.2, 0.25) is 0 Å². The second kappa shape index (κ2) is 7.38. The molecule has 0 N–H and O–H groups in total. The molecular weight excluding hydrogens is 337 g/mol. The van der Waals surface area contributed by atoms with Crippen LogP contribution >= 0.6 is 0 Å². The quantitative estimate of drug-likeness (QED) is 0.601. The third kappa shape index (κ3) is 4.28. The van der Waals surface area contributed by atoms with Crippen molar-refractivity contribution in [1.29, 1.82) is 0 Å². The lowest BCUT2D eigenvalue weighted by molar-refractivity contribution is -0.303. The molecule has 6 nitrogen and oxygen atoms in total. The number of allylic oxidation sites excluding steroid dienone is 2. The molecule has 9 heteroatoms. The van der Waals surface area contributed by atoms with Gasteiger partial charge in [-0.25, -0.2) is 0 Å². The van der Waals surface area contributed by atoms with Crippen molar-refractivity contribution in [3.63, 3.8) is 0 Å². The lowest BCUT2D eigenvalue weighted by Gasteiger charge is -2.22. The highest BCUT2D eigenvalue weighted by molar-refractivity contribution is 5.75. The third-order valence-electron chi connectivity index (χ3n) is 3.98. The van der Waals surface area contributed by atoms with E-state index in [1.807, 2.05) is 11.5 Å². The van der Waals surface area contributed by atoms with Gasteiger partial charge >= 0.3 is 6.36 Å². The summed E-state index contributed by atoms with van der Waals surface area (Å²) in [5, 5.41) is 8.30. The van der Waals surface area contributed by atoms with Gasteiger partial charge in [-0.2, -0.15) is 0 Å². The molecule has 1 aromatic rings. The summed E-state index contributed by atoms with van der Waals surface area (Å²) in [5.74, 6) is 1.07. The predicted molar refractivity (Wildman–Crippen MR) is 84.4 cm³/mol. The minimum atomic E-state index is -4.75. The second-order valence-corrected chi connectivity index (χ2v) is 5.84. The van der Waals surface area contributed by atoms with Crippen LogP contribution in [-0.4, -0.2) is 47.1 Å². The van der Waals surface area contributed by atoms with E-state index in [2.05, 4.69) is 19.9 Å². The lowest BCUT2D eigenvalue weighted by Crippen LogP contribution is -2.23. The summed E-state index contributed by atoms with van der Waals surface area (Å²) in [6, 6.07) is -0.440. The van der Waals surface area contributed by atoms with Crippen LogP contribution in [0.25, 0.3) is 0 Å². The molecule has 1 unspecified atom stereocenters. The highest BCUT2D eigenvalue weighted by atomic mass is 19.4. The Balaban J connectivity index is 1.93. The Bertz CT molecular complexity index is 688. The van der Waals surface area contributed by atoms with E-state index in [9.17, 15) is 13.2 Å². The van der Waals surface area contributed by atoms with E-state index in [4.69, 9.17) is 4.74 Å². The molecule has 0 radical (unpaired) electrons. The second-order valence-electron chi connectivity index (χ2n) is 5.84. The molecule has 0 bridgehead atoms. The van der Waals surface area contributed by atoms with E-state index >= 15 is 0 Å². The highest BCUT2D eigenvalue weighted by Gasteiger charge is 2.33. The molecule has 0 amide bonds. The topological polar surface area (TPSA) is 61.5 Å². The summed E-state index contributed by atoms with van der Waals surface area (Å²) in [6.45, 7) is 3.31. The molecule has 3 rings (SSSR count). The number of halogens is 3. The van der Waals surface area contributed by atoms with Crippen molar-refractivity contribution in [2.45, 2.75) is 38.1 Å². The highest BCUT2D eigenvalue weighted by Crippen LogP contribution is 2.30. The number of hydrogen-bond donors (Lipinski definition) is 0. The molecule has 0 aliphatic carbocycles. The summed E-state index contributed by atoms with van der Waals surface area (Å²) in [6.07, 6.45) is 2.61. The monoisotopic (exact) mass is 356 g/mol. The Hall–Kier alpha value is -2.16. The molecule has 136 valence electrons. The fourth-order valence-electron chi connectivity index (χ4n) is 2.89. The van der Waals surface area contributed by atoms with Crippen molar-refractivity contribution < 1.29 is 22.6 Å². The van der Waals surface area contributed by atoms with Crippen LogP contribution in [-0.2, 0) is 9.47 Å². The number of hydrogen-bond acceptors (Lipinski definition) is 5. The van der Waals surface area contributed by atoms with E-state index in [-0.39, 0.29) is 11.7 Å². The van der Waals surface area contributed by atoms with Crippen LogP contribution in [0.5, 0.6) is 0 Å². The van der Waals surface area contributed by atoms with Crippen LogP contribution < -0.4 is 0 Å². The van der Waals surface area contributed by atoms with Gasteiger partial charge in [0.25, 0.3) is 0 Å². The van der Waals surface area contributed by atoms with Crippen LogP contribution in [0.2, 0.25) is 0 Å². The first-order chi connectivity index (χ1) is 12.0. The van der Waals surface area contributed by atoms with E-state index in [0.717, 1.165) is 6.42 Å². The summed E-state index contributed by atoms with van der Waals surface area (Å²) < 4.78 is 49.4. The SMILES string of the molecule is CC/C=C\C(=CC1CN=Cc2nnc([C@H]3CCOC3)n21)OC(F)(F)F. The van der Waals surface area contributed by atoms with Crippen molar-refractivity contribution in [1.82, 2.24) is 14.8 Å². The predicted octanol–water partition coefficient (Wildman–Crippen LogP) is 3.14. The average Bonchev–Trinajstić information content (AvgIpc) is 3.20. The largest absolute Gasteiger partial charge is 0.573 e. The third-order valence-corrected chi connectivity index (χ3v) is 3.98. The van der Waals surface area contributed by atoms with Gasteiger partial charge in [-0.3, -0.25) is 4.99 Å². The van der Waals surface area contributed by atoms with Gasteiger partial charge in [-0.15, -0.1) is 23.4 Å². The molecule has 2 aliphatic rings. The molecule has 25 heavy (non-hydrogen) atoms. The first-order valence-electron chi connectivity index (χ1n) is 8.14.